The number of fused-ring (bicyclic) bond motifs is 1. The lowest BCUT2D eigenvalue weighted by Crippen LogP contribution is -2.40. The third-order valence-electron chi connectivity index (χ3n) is 8.33. The van der Waals surface area contributed by atoms with Gasteiger partial charge in [-0.1, -0.05) is 29.8 Å². The Hall–Kier alpha value is -2.32. The molecule has 1 N–H and O–H groups in total. The van der Waals surface area contributed by atoms with Gasteiger partial charge in [0.2, 0.25) is 0 Å². The number of hydrogen-bond donors (Lipinski definition) is 1. The number of ether oxygens (including phenoxy) is 3. The molecule has 2 saturated heterocycles. The van der Waals surface area contributed by atoms with E-state index in [0.717, 1.165) is 48.8 Å². The molecule has 5 rings (SSSR count). The number of aromatic nitrogens is 1. The van der Waals surface area contributed by atoms with Crippen LogP contribution in [0.1, 0.15) is 91.7 Å². The van der Waals surface area contributed by atoms with Crippen LogP contribution in [0.25, 0.3) is 0 Å². The van der Waals surface area contributed by atoms with Gasteiger partial charge in [-0.15, -0.1) is 0 Å². The van der Waals surface area contributed by atoms with E-state index < -0.39 is 12.0 Å². The fourth-order valence-electron chi connectivity index (χ4n) is 6.13. The molecule has 0 radical (unpaired) electrons. The number of benzene rings is 1. The molecule has 7 nitrogen and oxygen atoms in total. The number of rotatable bonds is 10. The van der Waals surface area contributed by atoms with E-state index in [1.165, 1.54) is 36.2 Å². The number of carboxylic acids is 1. The molecule has 2 aromatic rings. The van der Waals surface area contributed by atoms with Crippen molar-refractivity contribution >= 4 is 5.97 Å². The fourth-order valence-corrected chi connectivity index (χ4v) is 6.13. The molecular weight excluding hydrogens is 492 g/mol. The first kappa shape index (κ1) is 28.2. The molecule has 1 aliphatic carbocycles. The summed E-state index contributed by atoms with van der Waals surface area (Å²) in [7, 11) is 0. The van der Waals surface area contributed by atoms with Crippen LogP contribution in [-0.4, -0.2) is 65.6 Å². The van der Waals surface area contributed by atoms with E-state index in [0.29, 0.717) is 32.9 Å². The molecule has 0 amide bonds. The van der Waals surface area contributed by atoms with Gasteiger partial charge in [0, 0.05) is 31.1 Å². The first-order valence-electron chi connectivity index (χ1n) is 14.7. The van der Waals surface area contributed by atoms with Crippen molar-refractivity contribution in [2.75, 3.05) is 32.9 Å². The third-order valence-corrected chi connectivity index (χ3v) is 8.33. The summed E-state index contributed by atoms with van der Waals surface area (Å²) in [6.45, 7) is 8.92. The molecule has 39 heavy (non-hydrogen) atoms. The van der Waals surface area contributed by atoms with Crippen LogP contribution in [0, 0.1) is 6.92 Å². The average Bonchev–Trinajstić information content (AvgIpc) is 3.37. The standard InChI is InChI=1S/C32H44N2O5/c1-22-11-14-26(29-20-39-32(2,3)21-38-29)27(18-22)30(31(35)36)34-16-15-25(19-34)37-17-7-6-9-24-13-12-23-8-4-5-10-28(23)33-24/h11-14,18,25,29-30H,4-10,15-17,19-21H2,1-3H3,(H,35,36)/t25-,29?,30?/m1/s1. The normalized spacial score (nSPS) is 23.9. The van der Waals surface area contributed by atoms with Crippen molar-refractivity contribution in [3.05, 3.63) is 64.0 Å². The minimum atomic E-state index is -0.836. The Balaban J connectivity index is 1.14. The molecule has 2 fully saturated rings. The molecule has 2 aliphatic heterocycles. The number of likely N-dealkylation sites (tertiary alicyclic amines) is 1. The Morgan fingerprint density at radius 1 is 1.21 bits per heavy atom. The highest BCUT2D eigenvalue weighted by atomic mass is 16.6. The van der Waals surface area contributed by atoms with Gasteiger partial charge in [0.25, 0.3) is 0 Å². The van der Waals surface area contributed by atoms with E-state index in [-0.39, 0.29) is 17.8 Å². The predicted octanol–water partition coefficient (Wildman–Crippen LogP) is 5.37. The molecule has 3 heterocycles. The smallest absolute Gasteiger partial charge is 0.325 e. The van der Waals surface area contributed by atoms with Crippen molar-refractivity contribution in [3.8, 4) is 0 Å². The van der Waals surface area contributed by atoms with Crippen molar-refractivity contribution in [2.24, 2.45) is 0 Å². The Morgan fingerprint density at radius 3 is 2.85 bits per heavy atom. The lowest BCUT2D eigenvalue weighted by molar-refractivity contribution is -0.177. The second kappa shape index (κ2) is 12.5. The maximum absolute atomic E-state index is 12.6. The van der Waals surface area contributed by atoms with Crippen molar-refractivity contribution < 1.29 is 24.1 Å². The van der Waals surface area contributed by atoms with Crippen LogP contribution in [0.2, 0.25) is 0 Å². The summed E-state index contributed by atoms with van der Waals surface area (Å²) in [6.07, 6.45) is 8.46. The van der Waals surface area contributed by atoms with Gasteiger partial charge in [-0.2, -0.15) is 0 Å². The minimum absolute atomic E-state index is 0.0528. The van der Waals surface area contributed by atoms with E-state index in [9.17, 15) is 9.90 Å². The van der Waals surface area contributed by atoms with E-state index in [1.54, 1.807) is 0 Å². The summed E-state index contributed by atoms with van der Waals surface area (Å²) in [5.74, 6) is -0.836. The van der Waals surface area contributed by atoms with Gasteiger partial charge in [-0.25, -0.2) is 0 Å². The van der Waals surface area contributed by atoms with Crippen LogP contribution in [0.5, 0.6) is 0 Å². The average molecular weight is 537 g/mol. The summed E-state index contributed by atoms with van der Waals surface area (Å²) in [4.78, 5) is 19.6. The summed E-state index contributed by atoms with van der Waals surface area (Å²) in [5.41, 5.74) is 6.34. The van der Waals surface area contributed by atoms with Crippen LogP contribution in [0.15, 0.2) is 30.3 Å². The van der Waals surface area contributed by atoms with Gasteiger partial charge in [-0.3, -0.25) is 14.7 Å². The van der Waals surface area contributed by atoms with Gasteiger partial charge in [0.05, 0.1) is 24.9 Å². The zero-order chi connectivity index (χ0) is 27.4. The zero-order valence-corrected chi connectivity index (χ0v) is 23.8. The molecule has 2 unspecified atom stereocenters. The second-order valence-electron chi connectivity index (χ2n) is 12.1. The summed E-state index contributed by atoms with van der Waals surface area (Å²) in [6, 6.07) is 9.76. The number of aliphatic carboxylic acids is 1. The van der Waals surface area contributed by atoms with Crippen LogP contribution in [0.4, 0.5) is 0 Å². The molecule has 1 aromatic heterocycles. The van der Waals surface area contributed by atoms with Crippen LogP contribution < -0.4 is 0 Å². The Morgan fingerprint density at radius 2 is 2.05 bits per heavy atom. The first-order chi connectivity index (χ1) is 18.8. The van der Waals surface area contributed by atoms with E-state index >= 15 is 0 Å². The fraction of sp³-hybridized carbons (Fsp3) is 0.625. The van der Waals surface area contributed by atoms with Gasteiger partial charge < -0.3 is 19.3 Å². The lowest BCUT2D eigenvalue weighted by atomic mass is 9.93. The van der Waals surface area contributed by atoms with E-state index in [2.05, 4.69) is 17.0 Å². The maximum Gasteiger partial charge on any atom is 0.325 e. The van der Waals surface area contributed by atoms with Crippen molar-refractivity contribution in [3.63, 3.8) is 0 Å². The Kier molecular flexibility index (Phi) is 9.02. The lowest BCUT2D eigenvalue weighted by Gasteiger charge is -2.37. The third kappa shape index (κ3) is 7.07. The summed E-state index contributed by atoms with van der Waals surface area (Å²) < 4.78 is 18.4. The van der Waals surface area contributed by atoms with Crippen molar-refractivity contribution in [2.45, 2.75) is 96.0 Å². The molecule has 3 aliphatic rings. The SMILES string of the molecule is Cc1ccc(C2COC(C)(C)CO2)c(C(C(=O)O)N2CC[C@@H](OCCCCc3ccc4c(n3)CCCC4)C2)c1. The number of aryl methyl sites for hydroxylation is 4. The molecule has 212 valence electrons. The number of carbonyl (C=O) groups is 1. The molecule has 3 atom stereocenters. The molecule has 0 saturated carbocycles. The largest absolute Gasteiger partial charge is 0.480 e. The van der Waals surface area contributed by atoms with Gasteiger partial charge >= 0.3 is 5.97 Å². The molecule has 0 bridgehead atoms. The van der Waals surface area contributed by atoms with Crippen LogP contribution in [-0.2, 0) is 38.3 Å². The van der Waals surface area contributed by atoms with Crippen molar-refractivity contribution in [1.82, 2.24) is 9.88 Å². The van der Waals surface area contributed by atoms with E-state index in [1.807, 2.05) is 39.0 Å². The molecule has 0 spiro atoms. The highest BCUT2D eigenvalue weighted by Gasteiger charge is 2.38. The molecule has 7 heteroatoms. The van der Waals surface area contributed by atoms with Gasteiger partial charge in [0.15, 0.2) is 0 Å². The molecule has 1 aromatic carbocycles. The number of pyridine rings is 1. The number of carboxylic acid groups (broad SMARTS) is 1. The van der Waals surface area contributed by atoms with Gasteiger partial charge in [0.1, 0.15) is 12.1 Å². The first-order valence-corrected chi connectivity index (χ1v) is 14.7. The quantitative estimate of drug-likeness (QED) is 0.409. The summed E-state index contributed by atoms with van der Waals surface area (Å²) >= 11 is 0. The monoisotopic (exact) mass is 536 g/mol. The Labute approximate surface area is 232 Å². The second-order valence-corrected chi connectivity index (χ2v) is 12.1. The van der Waals surface area contributed by atoms with Gasteiger partial charge in [-0.05, 0) is 94.9 Å². The topological polar surface area (TPSA) is 81.1 Å². The zero-order valence-electron chi connectivity index (χ0n) is 23.8. The highest BCUT2D eigenvalue weighted by molar-refractivity contribution is 5.76. The predicted molar refractivity (Wildman–Crippen MR) is 150 cm³/mol. The summed E-state index contributed by atoms with van der Waals surface area (Å²) in [5, 5.41) is 10.3. The van der Waals surface area contributed by atoms with Crippen LogP contribution in [0.3, 0.4) is 0 Å². The maximum atomic E-state index is 12.6. The Bertz CT molecular complexity index is 1140. The number of hydrogen-bond acceptors (Lipinski definition) is 6. The molecular formula is C32H44N2O5. The minimum Gasteiger partial charge on any atom is -0.480 e. The van der Waals surface area contributed by atoms with Crippen molar-refractivity contribution in [1.29, 1.82) is 0 Å². The van der Waals surface area contributed by atoms with E-state index in [4.69, 9.17) is 19.2 Å². The number of unbranched alkanes of at least 4 members (excludes halogenated alkanes) is 1. The van der Waals surface area contributed by atoms with Crippen LogP contribution >= 0.6 is 0 Å². The number of nitrogens with zero attached hydrogens (tertiary/aromatic N) is 2. The highest BCUT2D eigenvalue weighted by Crippen LogP contribution is 2.36.